The zero-order valence-electron chi connectivity index (χ0n) is 18.4. The molecule has 1 fully saturated rings. The van der Waals surface area contributed by atoms with E-state index in [-0.39, 0.29) is 17.3 Å². The summed E-state index contributed by atoms with van der Waals surface area (Å²) in [5.41, 5.74) is 12.1. The second-order valence-electron chi connectivity index (χ2n) is 8.11. The Morgan fingerprint density at radius 1 is 1.22 bits per heavy atom. The number of hydrogen-bond acceptors (Lipinski definition) is 8. The Bertz CT molecular complexity index is 1090. The van der Waals surface area contributed by atoms with Crippen LogP contribution in [-0.2, 0) is 6.42 Å². The maximum Gasteiger partial charge on any atom is 0.293 e. The molecule has 168 valence electrons. The molecule has 3 N–H and O–H groups in total. The molecule has 0 saturated heterocycles. The first-order valence-corrected chi connectivity index (χ1v) is 11.1. The average molecular weight is 437 g/mol. The van der Waals surface area contributed by atoms with Gasteiger partial charge in [-0.25, -0.2) is 10.1 Å². The number of nitrogens with zero attached hydrogens (tertiary/aromatic N) is 6. The second kappa shape index (κ2) is 9.71. The quantitative estimate of drug-likeness (QED) is 0.428. The molecule has 1 saturated carbocycles. The van der Waals surface area contributed by atoms with Gasteiger partial charge in [0.1, 0.15) is 0 Å². The summed E-state index contributed by atoms with van der Waals surface area (Å²) in [6, 6.07) is 8.48. The summed E-state index contributed by atoms with van der Waals surface area (Å²) in [6.07, 6.45) is 7.81. The molecule has 4 rings (SSSR count). The fourth-order valence-corrected chi connectivity index (χ4v) is 4.13. The molecule has 0 unspecified atom stereocenters. The first kappa shape index (κ1) is 21.7. The summed E-state index contributed by atoms with van der Waals surface area (Å²) in [4.78, 5) is 12.8. The molecule has 10 heteroatoms. The first-order chi connectivity index (χ1) is 15.6. The molecule has 0 aliphatic heterocycles. The number of rotatable bonds is 7. The predicted octanol–water partition coefficient (Wildman–Crippen LogP) is 3.39. The van der Waals surface area contributed by atoms with Gasteiger partial charge in [-0.05, 0) is 53.5 Å². The summed E-state index contributed by atoms with van der Waals surface area (Å²) >= 11 is 0. The lowest BCUT2D eigenvalue weighted by Crippen LogP contribution is -2.21. The summed E-state index contributed by atoms with van der Waals surface area (Å²) in [5.74, 6) is 0.485. The van der Waals surface area contributed by atoms with Crippen LogP contribution in [0.15, 0.2) is 34.0 Å². The molecule has 2 aromatic heterocycles. The zero-order valence-corrected chi connectivity index (χ0v) is 18.4. The highest BCUT2D eigenvalue weighted by Gasteiger charge is 2.23. The van der Waals surface area contributed by atoms with Crippen LogP contribution in [-0.4, -0.2) is 36.9 Å². The van der Waals surface area contributed by atoms with Crippen LogP contribution >= 0.6 is 0 Å². The summed E-state index contributed by atoms with van der Waals surface area (Å²) in [5, 5.41) is 19.6. The SMILES string of the molecule is CCCc1c(C(=O)N/N=C(\C)c2ccc(C3CCCCC3)cc2)nnn1-c1nonc1N. The van der Waals surface area contributed by atoms with Crippen molar-refractivity contribution in [1.82, 2.24) is 30.7 Å². The first-order valence-electron chi connectivity index (χ1n) is 11.1. The van der Waals surface area contributed by atoms with Crippen molar-refractivity contribution in [1.29, 1.82) is 0 Å². The molecular formula is C22H28N8O2. The Morgan fingerprint density at radius 3 is 2.62 bits per heavy atom. The van der Waals surface area contributed by atoms with E-state index in [1.165, 1.54) is 42.3 Å². The minimum absolute atomic E-state index is 0.0738. The maximum atomic E-state index is 12.8. The Labute approximate surface area is 186 Å². The number of hydrazone groups is 1. The molecule has 0 spiro atoms. The molecule has 10 nitrogen and oxygen atoms in total. The van der Waals surface area contributed by atoms with Gasteiger partial charge in [0, 0.05) is 0 Å². The molecule has 0 atom stereocenters. The van der Waals surface area contributed by atoms with Crippen molar-refractivity contribution in [2.75, 3.05) is 5.73 Å². The number of nitrogen functional groups attached to an aromatic ring is 1. The van der Waals surface area contributed by atoms with E-state index >= 15 is 0 Å². The molecule has 1 amide bonds. The van der Waals surface area contributed by atoms with Crippen LogP contribution in [0.2, 0.25) is 0 Å². The van der Waals surface area contributed by atoms with E-state index < -0.39 is 5.91 Å². The minimum atomic E-state index is -0.451. The highest BCUT2D eigenvalue weighted by atomic mass is 16.6. The fraction of sp³-hybridized carbons (Fsp3) is 0.455. The van der Waals surface area contributed by atoms with Crippen molar-refractivity contribution >= 4 is 17.4 Å². The molecule has 1 aliphatic carbocycles. The highest BCUT2D eigenvalue weighted by molar-refractivity contribution is 6.00. The fourth-order valence-electron chi connectivity index (χ4n) is 4.13. The van der Waals surface area contributed by atoms with Crippen molar-refractivity contribution in [3.63, 3.8) is 0 Å². The molecule has 2 heterocycles. The predicted molar refractivity (Wildman–Crippen MR) is 120 cm³/mol. The molecule has 0 bridgehead atoms. The van der Waals surface area contributed by atoms with E-state index in [4.69, 9.17) is 5.73 Å². The monoisotopic (exact) mass is 436 g/mol. The number of nitrogens with one attached hydrogen (secondary N) is 1. The Hall–Kier alpha value is -3.56. The standard InChI is InChI=1S/C22H28N8O2/c1-3-7-18-19(25-29-30(18)21-20(23)27-32-28-21)22(31)26-24-14(2)15-10-12-17(13-11-15)16-8-5-4-6-9-16/h10-13,16H,3-9H2,1-2H3,(H2,23,27)(H,26,31)/b24-14+. The second-order valence-corrected chi connectivity index (χ2v) is 8.11. The number of benzene rings is 1. The summed E-state index contributed by atoms with van der Waals surface area (Å²) in [7, 11) is 0. The number of anilines is 1. The van der Waals surface area contributed by atoms with E-state index in [2.05, 4.69) is 60.0 Å². The Balaban J connectivity index is 1.48. The minimum Gasteiger partial charge on any atom is -0.378 e. The smallest absolute Gasteiger partial charge is 0.293 e. The van der Waals surface area contributed by atoms with Crippen molar-refractivity contribution in [2.45, 2.75) is 64.7 Å². The van der Waals surface area contributed by atoms with E-state index in [0.717, 1.165) is 12.0 Å². The van der Waals surface area contributed by atoms with Crippen molar-refractivity contribution in [2.24, 2.45) is 5.10 Å². The maximum absolute atomic E-state index is 12.8. The number of aromatic nitrogens is 5. The molecule has 3 aromatic rings. The lowest BCUT2D eigenvalue weighted by Gasteiger charge is -2.22. The van der Waals surface area contributed by atoms with Crippen LogP contribution in [0.3, 0.4) is 0 Å². The zero-order chi connectivity index (χ0) is 22.5. The third-order valence-electron chi connectivity index (χ3n) is 5.89. The van der Waals surface area contributed by atoms with Crippen molar-refractivity contribution in [3.05, 3.63) is 46.8 Å². The van der Waals surface area contributed by atoms with Crippen LogP contribution in [0.1, 0.15) is 85.6 Å². The third kappa shape index (κ3) is 4.53. The van der Waals surface area contributed by atoms with Gasteiger partial charge in [-0.2, -0.15) is 9.78 Å². The van der Waals surface area contributed by atoms with Crippen LogP contribution in [0.5, 0.6) is 0 Å². The lowest BCUT2D eigenvalue weighted by atomic mass is 9.84. The highest BCUT2D eigenvalue weighted by Crippen LogP contribution is 2.32. The number of carbonyl (C=O) groups is 1. The van der Waals surface area contributed by atoms with Gasteiger partial charge in [-0.1, -0.05) is 62.1 Å². The van der Waals surface area contributed by atoms with Gasteiger partial charge in [0.2, 0.25) is 11.6 Å². The van der Waals surface area contributed by atoms with Crippen LogP contribution in [0.4, 0.5) is 5.82 Å². The van der Waals surface area contributed by atoms with Crippen molar-refractivity contribution < 1.29 is 9.42 Å². The Morgan fingerprint density at radius 2 is 1.97 bits per heavy atom. The average Bonchev–Trinajstić information content (AvgIpc) is 3.44. The summed E-state index contributed by atoms with van der Waals surface area (Å²) < 4.78 is 6.02. The van der Waals surface area contributed by atoms with Gasteiger partial charge in [0.15, 0.2) is 5.69 Å². The molecule has 1 aliphatic rings. The van der Waals surface area contributed by atoms with Gasteiger partial charge in [0.25, 0.3) is 5.91 Å². The number of hydrogen-bond donors (Lipinski definition) is 2. The van der Waals surface area contributed by atoms with Crippen LogP contribution in [0, 0.1) is 0 Å². The molecule has 32 heavy (non-hydrogen) atoms. The lowest BCUT2D eigenvalue weighted by molar-refractivity contribution is 0.0948. The normalized spacial score (nSPS) is 15.1. The molecule has 0 radical (unpaired) electrons. The van der Waals surface area contributed by atoms with E-state index in [1.54, 1.807) is 0 Å². The third-order valence-corrected chi connectivity index (χ3v) is 5.89. The number of nitrogens with two attached hydrogens (primary N) is 1. The van der Waals surface area contributed by atoms with Crippen LogP contribution in [0.25, 0.3) is 5.82 Å². The molecular weight excluding hydrogens is 408 g/mol. The van der Waals surface area contributed by atoms with Crippen LogP contribution < -0.4 is 11.2 Å². The number of amides is 1. The van der Waals surface area contributed by atoms with Gasteiger partial charge in [-0.15, -0.1) is 5.10 Å². The largest absolute Gasteiger partial charge is 0.378 e. The van der Waals surface area contributed by atoms with E-state index in [1.807, 2.05) is 13.8 Å². The van der Waals surface area contributed by atoms with Gasteiger partial charge >= 0.3 is 0 Å². The van der Waals surface area contributed by atoms with Gasteiger partial charge in [0.05, 0.1) is 11.4 Å². The van der Waals surface area contributed by atoms with Crippen molar-refractivity contribution in [3.8, 4) is 5.82 Å². The van der Waals surface area contributed by atoms with E-state index in [9.17, 15) is 4.79 Å². The Kier molecular flexibility index (Phi) is 6.58. The van der Waals surface area contributed by atoms with Gasteiger partial charge in [-0.3, -0.25) is 4.79 Å². The number of carbonyl (C=O) groups excluding carboxylic acids is 1. The topological polar surface area (TPSA) is 137 Å². The molecule has 1 aromatic carbocycles. The summed E-state index contributed by atoms with van der Waals surface area (Å²) in [6.45, 7) is 3.85. The van der Waals surface area contributed by atoms with E-state index in [0.29, 0.717) is 23.7 Å². The van der Waals surface area contributed by atoms with Gasteiger partial charge < -0.3 is 5.73 Å².